The molecule has 1 aromatic carbocycles. The average molecular weight is 293 g/mol. The number of amides is 1. The smallest absolute Gasteiger partial charge is 0.305 e. The molecular formula is C15H19NO3S. The molecule has 1 aromatic rings. The largest absolute Gasteiger partial charge is 0.481 e. The van der Waals surface area contributed by atoms with Gasteiger partial charge in [-0.3, -0.25) is 9.59 Å². The molecule has 1 fully saturated rings. The molecule has 1 aliphatic carbocycles. The second-order valence-electron chi connectivity index (χ2n) is 5.21. The van der Waals surface area contributed by atoms with E-state index in [2.05, 4.69) is 5.32 Å². The maximum absolute atomic E-state index is 12.0. The van der Waals surface area contributed by atoms with Crippen LogP contribution in [0.5, 0.6) is 0 Å². The predicted octanol–water partition coefficient (Wildman–Crippen LogP) is 2.68. The van der Waals surface area contributed by atoms with Crippen molar-refractivity contribution < 1.29 is 14.7 Å². The number of carboxylic acids is 1. The van der Waals surface area contributed by atoms with Crippen LogP contribution in [0.25, 0.3) is 0 Å². The van der Waals surface area contributed by atoms with Crippen molar-refractivity contribution in [3.63, 3.8) is 0 Å². The van der Waals surface area contributed by atoms with Gasteiger partial charge in [0.1, 0.15) is 0 Å². The molecule has 2 N–H and O–H groups in total. The zero-order valence-corrected chi connectivity index (χ0v) is 12.1. The molecule has 1 aliphatic rings. The molecule has 1 saturated carbocycles. The van der Waals surface area contributed by atoms with E-state index in [-0.39, 0.29) is 12.3 Å². The van der Waals surface area contributed by atoms with Gasteiger partial charge in [0.05, 0.1) is 17.7 Å². The topological polar surface area (TPSA) is 66.4 Å². The van der Waals surface area contributed by atoms with Gasteiger partial charge in [0.25, 0.3) is 0 Å². The van der Waals surface area contributed by atoms with Gasteiger partial charge in [-0.2, -0.15) is 0 Å². The van der Waals surface area contributed by atoms with Gasteiger partial charge < -0.3 is 10.4 Å². The van der Waals surface area contributed by atoms with Crippen molar-refractivity contribution in [3.8, 4) is 0 Å². The fourth-order valence-electron chi connectivity index (χ4n) is 2.68. The third-order valence-electron chi connectivity index (χ3n) is 3.57. The summed E-state index contributed by atoms with van der Waals surface area (Å²) in [5.74, 6) is -0.601. The Hall–Kier alpha value is -1.49. The van der Waals surface area contributed by atoms with Gasteiger partial charge in [0, 0.05) is 4.90 Å². The van der Waals surface area contributed by atoms with Crippen LogP contribution in [-0.2, 0) is 9.59 Å². The number of thioether (sulfide) groups is 1. The van der Waals surface area contributed by atoms with E-state index >= 15 is 0 Å². The Balaban J connectivity index is 1.87. The average Bonchev–Trinajstić information content (AvgIpc) is 2.85. The SMILES string of the molecule is O=C(O)CC1(NC(=O)CSc2ccccc2)CCCC1. The van der Waals surface area contributed by atoms with E-state index in [1.165, 1.54) is 11.8 Å². The van der Waals surface area contributed by atoms with Crippen molar-refractivity contribution in [2.45, 2.75) is 42.5 Å². The first-order valence-corrected chi connectivity index (χ1v) is 7.79. The summed E-state index contributed by atoms with van der Waals surface area (Å²) < 4.78 is 0. The van der Waals surface area contributed by atoms with Crippen LogP contribution < -0.4 is 5.32 Å². The molecule has 20 heavy (non-hydrogen) atoms. The monoisotopic (exact) mass is 293 g/mol. The lowest BCUT2D eigenvalue weighted by molar-refractivity contribution is -0.139. The Bertz CT molecular complexity index is 469. The summed E-state index contributed by atoms with van der Waals surface area (Å²) in [4.78, 5) is 24.0. The summed E-state index contributed by atoms with van der Waals surface area (Å²) in [7, 11) is 0. The number of carbonyl (C=O) groups excluding carboxylic acids is 1. The zero-order valence-electron chi connectivity index (χ0n) is 11.3. The normalized spacial score (nSPS) is 16.8. The van der Waals surface area contributed by atoms with Crippen LogP contribution in [0.15, 0.2) is 35.2 Å². The minimum atomic E-state index is -0.845. The van der Waals surface area contributed by atoms with Crippen molar-refractivity contribution in [2.24, 2.45) is 0 Å². The summed E-state index contributed by atoms with van der Waals surface area (Å²) in [5, 5.41) is 12.0. The molecule has 2 rings (SSSR count). The third-order valence-corrected chi connectivity index (χ3v) is 4.58. The number of hydrogen-bond acceptors (Lipinski definition) is 3. The minimum absolute atomic E-state index is 0.0226. The van der Waals surface area contributed by atoms with Crippen LogP contribution in [-0.4, -0.2) is 28.3 Å². The number of carbonyl (C=O) groups is 2. The number of aliphatic carboxylic acids is 1. The molecule has 5 heteroatoms. The summed E-state index contributed by atoms with van der Waals surface area (Å²) >= 11 is 1.47. The summed E-state index contributed by atoms with van der Waals surface area (Å²) in [6.45, 7) is 0. The Kier molecular flexibility index (Phi) is 5.06. The van der Waals surface area contributed by atoms with Crippen molar-refractivity contribution in [2.75, 3.05) is 5.75 Å². The van der Waals surface area contributed by atoms with E-state index in [1.807, 2.05) is 30.3 Å². The molecule has 0 radical (unpaired) electrons. The van der Waals surface area contributed by atoms with Gasteiger partial charge in [0.15, 0.2) is 0 Å². The zero-order chi connectivity index (χ0) is 14.4. The van der Waals surface area contributed by atoms with Crippen LogP contribution in [0, 0.1) is 0 Å². The summed E-state index contributed by atoms with van der Waals surface area (Å²) in [6, 6.07) is 9.72. The fourth-order valence-corrected chi connectivity index (χ4v) is 3.40. The van der Waals surface area contributed by atoms with Crippen LogP contribution >= 0.6 is 11.8 Å². The molecule has 0 atom stereocenters. The maximum Gasteiger partial charge on any atom is 0.305 e. The second kappa shape index (κ2) is 6.79. The Morgan fingerprint density at radius 3 is 2.45 bits per heavy atom. The molecular weight excluding hydrogens is 274 g/mol. The highest BCUT2D eigenvalue weighted by Gasteiger charge is 2.37. The second-order valence-corrected chi connectivity index (χ2v) is 6.26. The van der Waals surface area contributed by atoms with Gasteiger partial charge in [-0.15, -0.1) is 11.8 Å². The van der Waals surface area contributed by atoms with E-state index in [0.29, 0.717) is 5.75 Å². The highest BCUT2D eigenvalue weighted by Crippen LogP contribution is 2.32. The Morgan fingerprint density at radius 1 is 1.20 bits per heavy atom. The van der Waals surface area contributed by atoms with Crippen LogP contribution in [0.3, 0.4) is 0 Å². The van der Waals surface area contributed by atoms with Gasteiger partial charge in [0.2, 0.25) is 5.91 Å². The lowest BCUT2D eigenvalue weighted by Gasteiger charge is -2.28. The van der Waals surface area contributed by atoms with Gasteiger partial charge in [-0.05, 0) is 25.0 Å². The molecule has 0 saturated heterocycles. The van der Waals surface area contributed by atoms with E-state index in [0.717, 1.165) is 30.6 Å². The van der Waals surface area contributed by atoms with Crippen molar-refractivity contribution in [1.29, 1.82) is 0 Å². The van der Waals surface area contributed by atoms with Gasteiger partial charge in [-0.25, -0.2) is 0 Å². The first-order chi connectivity index (χ1) is 9.60. The lowest BCUT2D eigenvalue weighted by atomic mass is 9.93. The van der Waals surface area contributed by atoms with Crippen LogP contribution in [0.4, 0.5) is 0 Å². The molecule has 0 aliphatic heterocycles. The molecule has 0 unspecified atom stereocenters. The maximum atomic E-state index is 12.0. The molecule has 0 bridgehead atoms. The fraction of sp³-hybridized carbons (Fsp3) is 0.467. The molecule has 4 nitrogen and oxygen atoms in total. The molecule has 108 valence electrons. The van der Waals surface area contributed by atoms with Crippen molar-refractivity contribution in [1.82, 2.24) is 5.32 Å². The van der Waals surface area contributed by atoms with Crippen molar-refractivity contribution in [3.05, 3.63) is 30.3 Å². The minimum Gasteiger partial charge on any atom is -0.481 e. The number of carboxylic acid groups (broad SMARTS) is 1. The number of hydrogen-bond donors (Lipinski definition) is 2. The standard InChI is InChI=1S/C15H19NO3S/c17-13(11-20-12-6-2-1-3-7-12)16-15(10-14(18)19)8-4-5-9-15/h1-3,6-7H,4-5,8-11H2,(H,16,17)(H,18,19). The van der Waals surface area contributed by atoms with Crippen LogP contribution in [0.2, 0.25) is 0 Å². The lowest BCUT2D eigenvalue weighted by Crippen LogP contribution is -2.48. The van der Waals surface area contributed by atoms with Gasteiger partial charge in [-0.1, -0.05) is 31.0 Å². The first kappa shape index (κ1) is 14.9. The molecule has 1 amide bonds. The third kappa shape index (κ3) is 4.27. The van der Waals surface area contributed by atoms with E-state index in [4.69, 9.17) is 5.11 Å². The van der Waals surface area contributed by atoms with E-state index < -0.39 is 11.5 Å². The highest BCUT2D eigenvalue weighted by molar-refractivity contribution is 8.00. The van der Waals surface area contributed by atoms with E-state index in [9.17, 15) is 9.59 Å². The summed E-state index contributed by atoms with van der Waals surface area (Å²) in [5.41, 5.74) is -0.528. The number of rotatable bonds is 6. The number of nitrogens with one attached hydrogen (secondary N) is 1. The Labute approximate surface area is 123 Å². The van der Waals surface area contributed by atoms with Crippen LogP contribution in [0.1, 0.15) is 32.1 Å². The quantitative estimate of drug-likeness (QED) is 0.791. The highest BCUT2D eigenvalue weighted by atomic mass is 32.2. The van der Waals surface area contributed by atoms with Crippen molar-refractivity contribution >= 4 is 23.6 Å². The predicted molar refractivity (Wildman–Crippen MR) is 78.8 cm³/mol. The number of benzene rings is 1. The molecule has 0 aromatic heterocycles. The first-order valence-electron chi connectivity index (χ1n) is 6.80. The molecule has 0 spiro atoms. The van der Waals surface area contributed by atoms with Gasteiger partial charge >= 0.3 is 5.97 Å². The van der Waals surface area contributed by atoms with E-state index in [1.54, 1.807) is 0 Å². The Morgan fingerprint density at radius 2 is 1.85 bits per heavy atom. The molecule has 0 heterocycles. The summed E-state index contributed by atoms with van der Waals surface area (Å²) in [6.07, 6.45) is 3.52.